The molecule has 1 saturated carbocycles. The van der Waals surface area contributed by atoms with Gasteiger partial charge in [-0.3, -0.25) is 9.59 Å². The molecule has 3 rings (SSSR count). The lowest BCUT2D eigenvalue weighted by atomic mass is 9.88. The predicted octanol–water partition coefficient (Wildman–Crippen LogP) is 5.34. The van der Waals surface area contributed by atoms with Crippen LogP contribution in [-0.4, -0.2) is 31.3 Å². The van der Waals surface area contributed by atoms with Gasteiger partial charge in [-0.2, -0.15) is 0 Å². The quantitative estimate of drug-likeness (QED) is 0.540. The lowest BCUT2D eigenvalue weighted by molar-refractivity contribution is -0.120. The number of ether oxygens (including phenoxy) is 2. The zero-order valence-electron chi connectivity index (χ0n) is 18.3. The van der Waals surface area contributed by atoms with Gasteiger partial charge in [0.25, 0.3) is 0 Å². The maximum absolute atomic E-state index is 12.7. The van der Waals surface area contributed by atoms with Crippen LogP contribution in [0.5, 0.6) is 11.5 Å². The molecule has 2 aromatic rings. The highest BCUT2D eigenvalue weighted by atomic mass is 32.2. The third-order valence-corrected chi connectivity index (χ3v) is 6.56. The van der Waals surface area contributed by atoms with Crippen LogP contribution in [0.1, 0.15) is 39.0 Å². The van der Waals surface area contributed by atoms with Crippen molar-refractivity contribution in [2.45, 2.75) is 49.2 Å². The van der Waals surface area contributed by atoms with E-state index < -0.39 is 0 Å². The Bertz CT molecular complexity index is 895. The van der Waals surface area contributed by atoms with Gasteiger partial charge in [-0.05, 0) is 56.2 Å². The maximum atomic E-state index is 12.7. The average molecular weight is 443 g/mol. The Morgan fingerprint density at radius 2 is 1.68 bits per heavy atom. The Morgan fingerprint density at radius 1 is 0.968 bits per heavy atom. The summed E-state index contributed by atoms with van der Waals surface area (Å²) < 4.78 is 10.5. The molecule has 0 radical (unpaired) electrons. The van der Waals surface area contributed by atoms with E-state index in [1.165, 1.54) is 18.2 Å². The zero-order valence-corrected chi connectivity index (χ0v) is 19.1. The van der Waals surface area contributed by atoms with Gasteiger partial charge >= 0.3 is 0 Å². The van der Waals surface area contributed by atoms with Crippen LogP contribution in [0.2, 0.25) is 0 Å². The van der Waals surface area contributed by atoms with Crippen LogP contribution >= 0.6 is 11.8 Å². The second-order valence-corrected chi connectivity index (χ2v) is 9.08. The molecule has 166 valence electrons. The summed E-state index contributed by atoms with van der Waals surface area (Å²) in [4.78, 5) is 26.0. The normalized spacial score (nSPS) is 15.1. The van der Waals surface area contributed by atoms with Gasteiger partial charge in [0.2, 0.25) is 11.8 Å². The molecule has 31 heavy (non-hydrogen) atoms. The van der Waals surface area contributed by atoms with Gasteiger partial charge in [0.05, 0.1) is 25.2 Å². The molecule has 2 amide bonds. The van der Waals surface area contributed by atoms with E-state index in [9.17, 15) is 9.59 Å². The largest absolute Gasteiger partial charge is 0.497 e. The summed E-state index contributed by atoms with van der Waals surface area (Å²) in [5.41, 5.74) is 1.39. The third kappa shape index (κ3) is 6.40. The number of nitrogens with one attached hydrogen (secondary N) is 2. The molecule has 1 fully saturated rings. The molecule has 7 heteroatoms. The van der Waals surface area contributed by atoms with Crippen molar-refractivity contribution < 1.29 is 19.1 Å². The SMILES string of the molecule is COc1ccc(NC(=O)C(C)Sc2ccc(NC(=O)C3CCCCC3)cc2)c(OC)c1. The second kappa shape index (κ2) is 11.1. The molecule has 0 aliphatic heterocycles. The number of hydrogen-bond acceptors (Lipinski definition) is 5. The molecular weight excluding hydrogens is 412 g/mol. The molecule has 1 unspecified atom stereocenters. The minimum absolute atomic E-state index is 0.112. The van der Waals surface area contributed by atoms with E-state index in [2.05, 4.69) is 10.6 Å². The molecule has 0 bridgehead atoms. The Balaban J connectivity index is 1.54. The average Bonchev–Trinajstić information content (AvgIpc) is 2.81. The number of anilines is 2. The summed E-state index contributed by atoms with van der Waals surface area (Å²) in [5.74, 6) is 1.32. The van der Waals surface area contributed by atoms with Crippen molar-refractivity contribution in [1.29, 1.82) is 0 Å². The van der Waals surface area contributed by atoms with E-state index in [1.54, 1.807) is 32.4 Å². The Kier molecular flexibility index (Phi) is 8.23. The summed E-state index contributed by atoms with van der Waals surface area (Å²) in [5, 5.41) is 5.62. The van der Waals surface area contributed by atoms with E-state index in [0.29, 0.717) is 17.2 Å². The fraction of sp³-hybridized carbons (Fsp3) is 0.417. The lowest BCUT2D eigenvalue weighted by Gasteiger charge is -2.20. The van der Waals surface area contributed by atoms with Crippen LogP contribution in [0.3, 0.4) is 0 Å². The molecule has 2 aromatic carbocycles. The van der Waals surface area contributed by atoms with Gasteiger partial charge in [0.15, 0.2) is 0 Å². The highest BCUT2D eigenvalue weighted by molar-refractivity contribution is 8.00. The van der Waals surface area contributed by atoms with Crippen molar-refractivity contribution >= 4 is 35.0 Å². The van der Waals surface area contributed by atoms with Crippen LogP contribution in [0.25, 0.3) is 0 Å². The molecule has 0 saturated heterocycles. The third-order valence-electron chi connectivity index (χ3n) is 5.45. The fourth-order valence-corrected chi connectivity index (χ4v) is 4.49. The topological polar surface area (TPSA) is 76.7 Å². The van der Waals surface area contributed by atoms with Crippen molar-refractivity contribution in [1.82, 2.24) is 0 Å². The number of thioether (sulfide) groups is 1. The first-order valence-electron chi connectivity index (χ1n) is 10.6. The van der Waals surface area contributed by atoms with Crippen molar-refractivity contribution in [3.05, 3.63) is 42.5 Å². The number of benzene rings is 2. The number of hydrogen-bond donors (Lipinski definition) is 2. The highest BCUT2D eigenvalue weighted by Gasteiger charge is 2.21. The number of amides is 2. The molecule has 0 heterocycles. The molecule has 1 atom stereocenters. The number of rotatable bonds is 8. The minimum atomic E-state index is -0.311. The maximum Gasteiger partial charge on any atom is 0.237 e. The Labute approximate surface area is 188 Å². The van der Waals surface area contributed by atoms with Gasteiger partial charge in [-0.1, -0.05) is 19.3 Å². The molecule has 2 N–H and O–H groups in total. The Morgan fingerprint density at radius 3 is 2.32 bits per heavy atom. The standard InChI is InChI=1S/C24H30N2O4S/c1-16(23(27)26-21-14-11-19(29-2)15-22(21)30-3)31-20-12-9-18(10-13-20)25-24(28)17-7-5-4-6-8-17/h9-17H,4-8H2,1-3H3,(H,25,28)(H,26,27). The summed E-state index contributed by atoms with van der Waals surface area (Å²) in [6, 6.07) is 12.9. The smallest absolute Gasteiger partial charge is 0.237 e. The highest BCUT2D eigenvalue weighted by Crippen LogP contribution is 2.31. The fourth-order valence-electron chi connectivity index (χ4n) is 3.62. The van der Waals surface area contributed by atoms with Crippen LogP contribution in [0, 0.1) is 5.92 Å². The van der Waals surface area contributed by atoms with Gasteiger partial charge in [0, 0.05) is 22.6 Å². The van der Waals surface area contributed by atoms with Crippen molar-refractivity contribution in [2.75, 3.05) is 24.9 Å². The molecule has 1 aliphatic carbocycles. The summed E-state index contributed by atoms with van der Waals surface area (Å²) >= 11 is 1.46. The first kappa shape index (κ1) is 23.0. The monoisotopic (exact) mass is 442 g/mol. The van der Waals surface area contributed by atoms with Gasteiger partial charge in [0.1, 0.15) is 11.5 Å². The first-order chi connectivity index (χ1) is 15.0. The minimum Gasteiger partial charge on any atom is -0.497 e. The van der Waals surface area contributed by atoms with E-state index in [4.69, 9.17) is 9.47 Å². The van der Waals surface area contributed by atoms with Gasteiger partial charge in [-0.25, -0.2) is 0 Å². The van der Waals surface area contributed by atoms with Crippen LogP contribution in [0.15, 0.2) is 47.4 Å². The van der Waals surface area contributed by atoms with E-state index in [0.717, 1.165) is 36.3 Å². The second-order valence-electron chi connectivity index (χ2n) is 7.66. The molecule has 1 aliphatic rings. The zero-order chi connectivity index (χ0) is 22.2. The van der Waals surface area contributed by atoms with Crippen LogP contribution < -0.4 is 20.1 Å². The van der Waals surface area contributed by atoms with Gasteiger partial charge < -0.3 is 20.1 Å². The van der Waals surface area contributed by atoms with E-state index in [-0.39, 0.29) is 23.0 Å². The molecule has 6 nitrogen and oxygen atoms in total. The van der Waals surface area contributed by atoms with Gasteiger partial charge in [-0.15, -0.1) is 11.8 Å². The Hall–Kier alpha value is -2.67. The first-order valence-corrected chi connectivity index (χ1v) is 11.5. The number of carbonyl (C=O) groups excluding carboxylic acids is 2. The lowest BCUT2D eigenvalue weighted by Crippen LogP contribution is -2.24. The molecule has 0 aromatic heterocycles. The van der Waals surface area contributed by atoms with E-state index in [1.807, 2.05) is 31.2 Å². The number of methoxy groups -OCH3 is 2. The van der Waals surface area contributed by atoms with Crippen LogP contribution in [0.4, 0.5) is 11.4 Å². The summed E-state index contributed by atoms with van der Waals surface area (Å²) in [6.45, 7) is 1.86. The predicted molar refractivity (Wildman–Crippen MR) is 125 cm³/mol. The summed E-state index contributed by atoms with van der Waals surface area (Å²) in [6.07, 6.45) is 5.45. The molecular formula is C24H30N2O4S. The number of carbonyl (C=O) groups is 2. The molecule has 0 spiro atoms. The van der Waals surface area contributed by atoms with Crippen molar-refractivity contribution in [3.63, 3.8) is 0 Å². The van der Waals surface area contributed by atoms with Crippen molar-refractivity contribution in [2.24, 2.45) is 5.92 Å². The van der Waals surface area contributed by atoms with E-state index >= 15 is 0 Å². The van der Waals surface area contributed by atoms with Crippen molar-refractivity contribution in [3.8, 4) is 11.5 Å². The van der Waals surface area contributed by atoms with Crippen LogP contribution in [-0.2, 0) is 9.59 Å². The summed E-state index contributed by atoms with van der Waals surface area (Å²) in [7, 11) is 3.13.